The Morgan fingerprint density at radius 3 is 2.27 bits per heavy atom. The smallest absolute Gasteiger partial charge is 0.226 e. The highest BCUT2D eigenvalue weighted by Crippen LogP contribution is 2.72. The van der Waals surface area contributed by atoms with Crippen LogP contribution in [0.2, 0.25) is 0 Å². The normalized spacial score (nSPS) is 46.9. The van der Waals surface area contributed by atoms with E-state index in [-0.39, 0.29) is 28.3 Å². The Morgan fingerprint density at radius 1 is 1.33 bits per heavy atom. The Balaban J connectivity index is 2.49. The number of carbonyl (C=O) groups is 1. The van der Waals surface area contributed by atoms with Crippen molar-refractivity contribution in [2.75, 3.05) is 7.05 Å². The monoisotopic (exact) mass is 211 g/mol. The van der Waals surface area contributed by atoms with Crippen LogP contribution in [-0.4, -0.2) is 24.2 Å². The van der Waals surface area contributed by atoms with Gasteiger partial charge in [-0.05, 0) is 30.1 Å². The van der Waals surface area contributed by atoms with Gasteiger partial charge in [0.05, 0.1) is 11.5 Å². The Morgan fingerprint density at radius 2 is 1.93 bits per heavy atom. The Hall–Kier alpha value is -0.570. The lowest BCUT2D eigenvalue weighted by Gasteiger charge is -2.39. The van der Waals surface area contributed by atoms with Crippen LogP contribution in [0.15, 0.2) is 0 Å². The first-order chi connectivity index (χ1) is 6.82. The standard InChI is InChI=1S/C12H21NO2/c1-10(2)11(3)5-6-12(10,7-8(11)14)9(15)13-4/h8,14H,5-7H2,1-4H3,(H,13,15)/t8-,11+,12-/m0/s1. The molecule has 0 aromatic heterocycles. The van der Waals surface area contributed by atoms with E-state index in [2.05, 4.69) is 26.1 Å². The van der Waals surface area contributed by atoms with Gasteiger partial charge in [-0.2, -0.15) is 0 Å². The van der Waals surface area contributed by atoms with Gasteiger partial charge in [0.2, 0.25) is 5.91 Å². The highest BCUT2D eigenvalue weighted by Gasteiger charge is 2.71. The lowest BCUT2D eigenvalue weighted by atomic mass is 9.64. The summed E-state index contributed by atoms with van der Waals surface area (Å²) in [6.45, 7) is 6.38. The van der Waals surface area contributed by atoms with E-state index in [1.807, 2.05) is 0 Å². The molecule has 2 aliphatic carbocycles. The molecule has 0 radical (unpaired) electrons. The molecule has 2 aliphatic rings. The number of hydrogen-bond donors (Lipinski definition) is 2. The van der Waals surface area contributed by atoms with E-state index in [0.717, 1.165) is 12.8 Å². The maximum Gasteiger partial charge on any atom is 0.226 e. The van der Waals surface area contributed by atoms with Crippen LogP contribution in [0.1, 0.15) is 40.0 Å². The molecule has 2 N–H and O–H groups in total. The Bertz CT molecular complexity index is 313. The summed E-state index contributed by atoms with van der Waals surface area (Å²) >= 11 is 0. The number of hydrogen-bond acceptors (Lipinski definition) is 2. The molecule has 2 rings (SSSR count). The van der Waals surface area contributed by atoms with E-state index in [4.69, 9.17) is 0 Å². The summed E-state index contributed by atoms with van der Waals surface area (Å²) in [4.78, 5) is 12.1. The highest BCUT2D eigenvalue weighted by atomic mass is 16.3. The van der Waals surface area contributed by atoms with Crippen molar-refractivity contribution in [2.45, 2.75) is 46.1 Å². The van der Waals surface area contributed by atoms with Crippen LogP contribution in [-0.2, 0) is 4.79 Å². The Labute approximate surface area is 91.2 Å². The van der Waals surface area contributed by atoms with Gasteiger partial charge in [0.25, 0.3) is 0 Å². The maximum atomic E-state index is 12.1. The van der Waals surface area contributed by atoms with Crippen LogP contribution in [0.5, 0.6) is 0 Å². The first-order valence-electron chi connectivity index (χ1n) is 5.72. The lowest BCUT2D eigenvalue weighted by molar-refractivity contribution is -0.135. The largest absolute Gasteiger partial charge is 0.393 e. The number of aliphatic hydroxyl groups excluding tert-OH is 1. The van der Waals surface area contributed by atoms with E-state index in [0.29, 0.717) is 6.42 Å². The van der Waals surface area contributed by atoms with Gasteiger partial charge in [-0.1, -0.05) is 20.8 Å². The molecule has 3 nitrogen and oxygen atoms in total. The van der Waals surface area contributed by atoms with Crippen LogP contribution in [0, 0.1) is 16.2 Å². The summed E-state index contributed by atoms with van der Waals surface area (Å²) < 4.78 is 0. The second-order valence-corrected chi connectivity index (χ2v) is 5.92. The fraction of sp³-hybridized carbons (Fsp3) is 0.917. The van der Waals surface area contributed by atoms with Crippen LogP contribution in [0.4, 0.5) is 0 Å². The van der Waals surface area contributed by atoms with Crippen molar-refractivity contribution in [3.05, 3.63) is 0 Å². The van der Waals surface area contributed by atoms with Crippen molar-refractivity contribution < 1.29 is 9.90 Å². The van der Waals surface area contributed by atoms with Crippen LogP contribution in [0.25, 0.3) is 0 Å². The number of rotatable bonds is 1. The van der Waals surface area contributed by atoms with Crippen molar-refractivity contribution in [3.8, 4) is 0 Å². The molecule has 0 spiro atoms. The quantitative estimate of drug-likeness (QED) is 0.687. The van der Waals surface area contributed by atoms with E-state index < -0.39 is 0 Å². The molecular weight excluding hydrogens is 190 g/mol. The van der Waals surface area contributed by atoms with Gasteiger partial charge >= 0.3 is 0 Å². The van der Waals surface area contributed by atoms with Crippen molar-refractivity contribution in [2.24, 2.45) is 16.2 Å². The van der Waals surface area contributed by atoms with Gasteiger partial charge in [-0.25, -0.2) is 0 Å². The summed E-state index contributed by atoms with van der Waals surface area (Å²) in [7, 11) is 1.69. The average Bonchev–Trinajstić information content (AvgIpc) is 2.47. The van der Waals surface area contributed by atoms with E-state index in [1.165, 1.54) is 0 Å². The van der Waals surface area contributed by atoms with E-state index >= 15 is 0 Å². The van der Waals surface area contributed by atoms with Crippen molar-refractivity contribution in [1.29, 1.82) is 0 Å². The molecule has 0 saturated heterocycles. The summed E-state index contributed by atoms with van der Waals surface area (Å²) in [6.07, 6.45) is 2.15. The summed E-state index contributed by atoms with van der Waals surface area (Å²) in [6, 6.07) is 0. The van der Waals surface area contributed by atoms with Crippen molar-refractivity contribution in [3.63, 3.8) is 0 Å². The second kappa shape index (κ2) is 2.76. The van der Waals surface area contributed by atoms with E-state index in [1.54, 1.807) is 7.05 Å². The third-order valence-corrected chi connectivity index (χ3v) is 5.63. The molecule has 1 amide bonds. The average molecular weight is 211 g/mol. The fourth-order valence-corrected chi connectivity index (χ4v) is 3.87. The molecular formula is C12H21NO2. The third kappa shape index (κ3) is 0.930. The molecule has 3 heteroatoms. The lowest BCUT2D eigenvalue weighted by Crippen LogP contribution is -2.45. The van der Waals surface area contributed by atoms with Gasteiger partial charge in [-0.3, -0.25) is 4.79 Å². The summed E-state index contributed by atoms with van der Waals surface area (Å²) in [5.41, 5.74) is -0.561. The van der Waals surface area contributed by atoms with Gasteiger partial charge in [0.15, 0.2) is 0 Å². The molecule has 0 aromatic rings. The summed E-state index contributed by atoms with van der Waals surface area (Å²) in [5.74, 6) is 0.104. The zero-order valence-corrected chi connectivity index (χ0v) is 10.1. The zero-order chi connectivity index (χ0) is 11.5. The van der Waals surface area contributed by atoms with Crippen LogP contribution < -0.4 is 5.32 Å². The van der Waals surface area contributed by atoms with Crippen LogP contribution >= 0.6 is 0 Å². The van der Waals surface area contributed by atoms with Crippen LogP contribution in [0.3, 0.4) is 0 Å². The van der Waals surface area contributed by atoms with E-state index in [9.17, 15) is 9.90 Å². The first-order valence-corrected chi connectivity index (χ1v) is 5.72. The minimum Gasteiger partial charge on any atom is -0.393 e. The molecule has 0 aromatic carbocycles. The minimum absolute atomic E-state index is 0.0977. The zero-order valence-electron chi connectivity index (χ0n) is 10.1. The number of aliphatic hydroxyl groups is 1. The maximum absolute atomic E-state index is 12.1. The van der Waals surface area contributed by atoms with Crippen molar-refractivity contribution in [1.82, 2.24) is 5.32 Å². The molecule has 0 heterocycles. The number of amides is 1. The SMILES string of the molecule is CNC(=O)[C@]12CC[C@](C)([C@@H](O)C1)C2(C)C. The molecule has 0 unspecified atom stereocenters. The van der Waals surface area contributed by atoms with Gasteiger partial charge in [-0.15, -0.1) is 0 Å². The molecule has 86 valence electrons. The number of carbonyl (C=O) groups excluding carboxylic acids is 1. The molecule has 2 bridgehead atoms. The third-order valence-electron chi connectivity index (χ3n) is 5.63. The fourth-order valence-electron chi connectivity index (χ4n) is 3.87. The minimum atomic E-state index is -0.351. The van der Waals surface area contributed by atoms with Gasteiger partial charge in [0, 0.05) is 7.05 Å². The number of nitrogens with one attached hydrogen (secondary N) is 1. The Kier molecular flexibility index (Phi) is 2.01. The molecule has 2 saturated carbocycles. The molecule has 3 atom stereocenters. The topological polar surface area (TPSA) is 49.3 Å². The highest BCUT2D eigenvalue weighted by molar-refractivity contribution is 5.84. The predicted molar refractivity (Wildman–Crippen MR) is 58.2 cm³/mol. The summed E-state index contributed by atoms with van der Waals surface area (Å²) in [5, 5.41) is 12.9. The number of fused-ring (bicyclic) bond motifs is 2. The second-order valence-electron chi connectivity index (χ2n) is 5.92. The molecule has 0 aliphatic heterocycles. The van der Waals surface area contributed by atoms with Gasteiger partial charge < -0.3 is 10.4 Å². The molecule has 2 fully saturated rings. The van der Waals surface area contributed by atoms with Gasteiger partial charge in [0.1, 0.15) is 0 Å². The molecule has 15 heavy (non-hydrogen) atoms. The van der Waals surface area contributed by atoms with Crippen molar-refractivity contribution >= 4 is 5.91 Å². The predicted octanol–water partition coefficient (Wildman–Crippen LogP) is 1.31. The first kappa shape index (κ1) is 10.9.